The number of nitrogens with zero attached hydrogens (tertiary/aromatic N) is 1. The van der Waals surface area contributed by atoms with Crippen LogP contribution in [-0.4, -0.2) is 16.0 Å². The van der Waals surface area contributed by atoms with Crippen LogP contribution in [0.3, 0.4) is 0 Å². The van der Waals surface area contributed by atoms with E-state index in [-0.39, 0.29) is 17.7 Å². The molecule has 0 N–H and O–H groups in total. The van der Waals surface area contributed by atoms with Gasteiger partial charge in [-0.1, -0.05) is 78.4 Å². The molecule has 5 heteroatoms. The SMILES string of the molecule is Cc1ccc(COc2cccc(/C=C3\SC(=O)N(Cc4ccc5ccccc5c4)C3=O)c2)cc1. The topological polar surface area (TPSA) is 46.6 Å². The normalized spacial score (nSPS) is 14.9. The molecule has 4 aromatic carbocycles. The lowest BCUT2D eigenvalue weighted by atomic mass is 10.1. The van der Waals surface area contributed by atoms with Crippen molar-refractivity contribution in [1.29, 1.82) is 0 Å². The van der Waals surface area contributed by atoms with E-state index < -0.39 is 0 Å². The predicted molar refractivity (Wildman–Crippen MR) is 137 cm³/mol. The van der Waals surface area contributed by atoms with Crippen LogP contribution in [-0.2, 0) is 17.9 Å². The third kappa shape index (κ3) is 4.90. The monoisotopic (exact) mass is 465 g/mol. The Morgan fingerprint density at radius 3 is 2.41 bits per heavy atom. The lowest BCUT2D eigenvalue weighted by Gasteiger charge is -2.13. The van der Waals surface area contributed by atoms with Crippen molar-refractivity contribution in [2.24, 2.45) is 0 Å². The van der Waals surface area contributed by atoms with Gasteiger partial charge in [0.05, 0.1) is 11.4 Å². The zero-order valence-electron chi connectivity index (χ0n) is 18.7. The van der Waals surface area contributed by atoms with Gasteiger partial charge < -0.3 is 4.74 Å². The molecule has 1 saturated heterocycles. The fourth-order valence-corrected chi connectivity index (χ4v) is 4.69. The van der Waals surface area contributed by atoms with Gasteiger partial charge in [0, 0.05) is 0 Å². The van der Waals surface area contributed by atoms with Crippen LogP contribution in [0.15, 0.2) is 95.9 Å². The number of aryl methyl sites for hydroxylation is 1. The Labute approximate surface area is 202 Å². The zero-order chi connectivity index (χ0) is 23.5. The number of carbonyl (C=O) groups is 2. The van der Waals surface area contributed by atoms with Gasteiger partial charge >= 0.3 is 0 Å². The van der Waals surface area contributed by atoms with Crippen LogP contribution < -0.4 is 4.74 Å². The fourth-order valence-electron chi connectivity index (χ4n) is 3.85. The molecule has 4 nitrogen and oxygen atoms in total. The second kappa shape index (κ2) is 9.57. The van der Waals surface area contributed by atoms with Crippen molar-refractivity contribution in [2.45, 2.75) is 20.1 Å². The quantitative estimate of drug-likeness (QED) is 0.289. The van der Waals surface area contributed by atoms with Crippen molar-refractivity contribution >= 4 is 39.8 Å². The van der Waals surface area contributed by atoms with Crippen molar-refractivity contribution in [2.75, 3.05) is 0 Å². The van der Waals surface area contributed by atoms with Gasteiger partial charge in [0.15, 0.2) is 0 Å². The smallest absolute Gasteiger partial charge is 0.293 e. The average molecular weight is 466 g/mol. The van der Waals surface area contributed by atoms with Crippen molar-refractivity contribution in [3.63, 3.8) is 0 Å². The zero-order valence-corrected chi connectivity index (χ0v) is 19.5. The minimum absolute atomic E-state index is 0.254. The predicted octanol–water partition coefficient (Wildman–Crippen LogP) is 6.96. The van der Waals surface area contributed by atoms with Crippen molar-refractivity contribution < 1.29 is 14.3 Å². The number of hydrogen-bond acceptors (Lipinski definition) is 4. The summed E-state index contributed by atoms with van der Waals surface area (Å²) in [5, 5.41) is 1.96. The van der Waals surface area contributed by atoms with Crippen LogP contribution in [0.25, 0.3) is 16.8 Å². The molecular weight excluding hydrogens is 442 g/mol. The number of thioether (sulfide) groups is 1. The first-order chi connectivity index (χ1) is 16.5. The van der Waals surface area contributed by atoms with Crippen LogP contribution >= 0.6 is 11.8 Å². The molecule has 0 saturated carbocycles. The molecule has 1 aliphatic heterocycles. The van der Waals surface area contributed by atoms with E-state index in [1.54, 1.807) is 6.08 Å². The molecule has 1 fully saturated rings. The standard InChI is InChI=1S/C29H23NO3S/c1-20-9-11-21(12-10-20)19-33-26-8-4-5-22(16-26)17-27-28(31)30(29(32)34-27)18-23-13-14-24-6-2-3-7-25(24)15-23/h2-17H,18-19H2,1H3/b27-17-. The van der Waals surface area contributed by atoms with Crippen LogP contribution in [0.1, 0.15) is 22.3 Å². The van der Waals surface area contributed by atoms with E-state index >= 15 is 0 Å². The van der Waals surface area contributed by atoms with Crippen LogP contribution in [0.4, 0.5) is 4.79 Å². The summed E-state index contributed by atoms with van der Waals surface area (Å²) in [6.07, 6.45) is 1.75. The second-order valence-corrected chi connectivity index (χ2v) is 9.29. The Morgan fingerprint density at radius 2 is 1.59 bits per heavy atom. The molecule has 0 aromatic heterocycles. The molecule has 0 atom stereocenters. The van der Waals surface area contributed by atoms with Gasteiger partial charge in [-0.15, -0.1) is 0 Å². The maximum absolute atomic E-state index is 13.0. The number of benzene rings is 4. The summed E-state index contributed by atoms with van der Waals surface area (Å²) in [6, 6.07) is 29.8. The Hall–Kier alpha value is -3.83. The number of carbonyl (C=O) groups excluding carboxylic acids is 2. The highest BCUT2D eigenvalue weighted by atomic mass is 32.2. The summed E-state index contributed by atoms with van der Waals surface area (Å²) < 4.78 is 5.92. The van der Waals surface area contributed by atoms with Crippen molar-refractivity contribution in [3.8, 4) is 5.75 Å². The van der Waals surface area contributed by atoms with Gasteiger partial charge in [-0.2, -0.15) is 0 Å². The Balaban J connectivity index is 1.29. The molecule has 1 aliphatic rings. The van der Waals surface area contributed by atoms with Crippen molar-refractivity contribution in [1.82, 2.24) is 4.90 Å². The highest BCUT2D eigenvalue weighted by Crippen LogP contribution is 2.34. The number of amides is 2. The largest absolute Gasteiger partial charge is 0.489 e. The second-order valence-electron chi connectivity index (χ2n) is 8.30. The summed E-state index contributed by atoms with van der Waals surface area (Å²) in [5.74, 6) is 0.443. The molecule has 1 heterocycles. The molecule has 34 heavy (non-hydrogen) atoms. The van der Waals surface area contributed by atoms with E-state index in [2.05, 4.69) is 19.1 Å². The van der Waals surface area contributed by atoms with Gasteiger partial charge in [0.1, 0.15) is 12.4 Å². The summed E-state index contributed by atoms with van der Waals surface area (Å²) in [4.78, 5) is 27.3. The fraction of sp³-hybridized carbons (Fsp3) is 0.103. The number of rotatable bonds is 6. The Morgan fingerprint density at radius 1 is 0.824 bits per heavy atom. The third-order valence-corrected chi connectivity index (χ3v) is 6.62. The molecule has 5 rings (SSSR count). The summed E-state index contributed by atoms with van der Waals surface area (Å²) in [5.41, 5.74) is 4.04. The molecule has 2 amide bonds. The first kappa shape index (κ1) is 22.0. The Bertz CT molecular complexity index is 1410. The molecule has 168 valence electrons. The van der Waals surface area contributed by atoms with Crippen LogP contribution in [0, 0.1) is 6.92 Å². The van der Waals surface area contributed by atoms with E-state index in [4.69, 9.17) is 4.74 Å². The van der Waals surface area contributed by atoms with E-state index in [1.165, 1.54) is 10.5 Å². The molecule has 0 aliphatic carbocycles. The highest BCUT2D eigenvalue weighted by Gasteiger charge is 2.35. The molecule has 0 bridgehead atoms. The van der Waals surface area contributed by atoms with Gasteiger partial charge in [0.25, 0.3) is 11.1 Å². The first-order valence-electron chi connectivity index (χ1n) is 11.1. The third-order valence-electron chi connectivity index (χ3n) is 5.71. The number of fused-ring (bicyclic) bond motifs is 1. The molecule has 0 spiro atoms. The molecular formula is C29H23NO3S. The van der Waals surface area contributed by atoms with E-state index in [0.29, 0.717) is 17.3 Å². The summed E-state index contributed by atoms with van der Waals surface area (Å²) in [7, 11) is 0. The van der Waals surface area contributed by atoms with Gasteiger partial charge in [-0.05, 0) is 70.4 Å². The highest BCUT2D eigenvalue weighted by molar-refractivity contribution is 8.18. The Kier molecular flexibility index (Phi) is 6.19. The van der Waals surface area contributed by atoms with Crippen molar-refractivity contribution in [3.05, 3.63) is 118 Å². The molecule has 0 unspecified atom stereocenters. The van der Waals surface area contributed by atoms with Crippen LogP contribution in [0.2, 0.25) is 0 Å². The maximum Gasteiger partial charge on any atom is 0.293 e. The number of hydrogen-bond donors (Lipinski definition) is 0. The number of ether oxygens (including phenoxy) is 1. The first-order valence-corrected chi connectivity index (χ1v) is 11.9. The minimum atomic E-state index is -0.269. The average Bonchev–Trinajstić information content (AvgIpc) is 3.11. The maximum atomic E-state index is 13.0. The molecule has 4 aromatic rings. The minimum Gasteiger partial charge on any atom is -0.489 e. The van der Waals surface area contributed by atoms with Gasteiger partial charge in [-0.3, -0.25) is 14.5 Å². The van der Waals surface area contributed by atoms with Gasteiger partial charge in [-0.25, -0.2) is 0 Å². The van der Waals surface area contributed by atoms with Gasteiger partial charge in [0.2, 0.25) is 0 Å². The van der Waals surface area contributed by atoms with E-state index in [1.807, 2.05) is 78.9 Å². The summed E-state index contributed by atoms with van der Waals surface area (Å²) >= 11 is 0.975. The molecule has 0 radical (unpaired) electrons. The van der Waals surface area contributed by atoms with E-state index in [9.17, 15) is 9.59 Å². The number of imide groups is 1. The van der Waals surface area contributed by atoms with Crippen LogP contribution in [0.5, 0.6) is 5.75 Å². The lowest BCUT2D eigenvalue weighted by Crippen LogP contribution is -2.27. The van der Waals surface area contributed by atoms with E-state index in [0.717, 1.165) is 39.2 Å². The lowest BCUT2D eigenvalue weighted by molar-refractivity contribution is -0.123. The summed E-state index contributed by atoms with van der Waals surface area (Å²) in [6.45, 7) is 2.77.